The summed E-state index contributed by atoms with van der Waals surface area (Å²) in [5.74, 6) is -1.40. The maximum Gasteiger partial charge on any atom is 0.303 e. The Morgan fingerprint density at radius 1 is 0.741 bits per heavy atom. The SMILES string of the molecule is CC(=O)OC[C@H]1O[C@@H](CC(=S)NCc2ccc(C3O[C@H](CSCCO)[C@H](C)[C@H](c4ccc(CO)cc4)O3)cc2)[C@H](OC(C)=O)[C@@H](OC(C)=O)[C@@H]1OC(C)=O. The van der Waals surface area contributed by atoms with E-state index >= 15 is 0 Å². The molecule has 16 heteroatoms. The van der Waals surface area contributed by atoms with Crippen molar-refractivity contribution in [3.05, 3.63) is 70.8 Å². The van der Waals surface area contributed by atoms with Crippen LogP contribution in [-0.4, -0.2) is 100 Å². The molecule has 0 saturated carbocycles. The van der Waals surface area contributed by atoms with E-state index in [4.69, 9.17) is 45.4 Å². The summed E-state index contributed by atoms with van der Waals surface area (Å²) in [6, 6.07) is 15.4. The molecule has 0 spiro atoms. The fraction of sp³-hybridized carbons (Fsp3) is 0.553. The molecular formula is C38H49NO13S2. The Hall–Kier alpha value is -3.64. The molecule has 2 fully saturated rings. The molecule has 2 aromatic carbocycles. The molecule has 2 heterocycles. The number of nitrogens with one attached hydrogen (secondary N) is 1. The first-order chi connectivity index (χ1) is 25.8. The predicted molar refractivity (Wildman–Crippen MR) is 200 cm³/mol. The summed E-state index contributed by atoms with van der Waals surface area (Å²) >= 11 is 7.28. The maximum atomic E-state index is 12.2. The maximum absolute atomic E-state index is 12.2. The van der Waals surface area contributed by atoms with Gasteiger partial charge in [0, 0.05) is 63.6 Å². The number of ether oxygens (including phenoxy) is 7. The minimum absolute atomic E-state index is 0.0186. The molecule has 2 aliphatic rings. The highest BCUT2D eigenvalue weighted by atomic mass is 32.2. The van der Waals surface area contributed by atoms with Crippen molar-refractivity contribution in [1.29, 1.82) is 0 Å². The first-order valence-electron chi connectivity index (χ1n) is 17.6. The fourth-order valence-electron chi connectivity index (χ4n) is 6.30. The molecule has 3 N–H and O–H groups in total. The molecule has 2 saturated heterocycles. The van der Waals surface area contributed by atoms with Crippen molar-refractivity contribution in [3.8, 4) is 0 Å². The van der Waals surface area contributed by atoms with Gasteiger partial charge >= 0.3 is 23.9 Å². The van der Waals surface area contributed by atoms with Crippen LogP contribution in [0.3, 0.4) is 0 Å². The molecule has 4 rings (SSSR count). The van der Waals surface area contributed by atoms with E-state index in [-0.39, 0.29) is 44.4 Å². The van der Waals surface area contributed by atoms with Crippen molar-refractivity contribution < 1.29 is 62.5 Å². The first kappa shape index (κ1) is 43.1. The number of carbonyl (C=O) groups is 4. The van der Waals surface area contributed by atoms with Gasteiger partial charge in [0.05, 0.1) is 30.4 Å². The molecule has 0 amide bonds. The minimum Gasteiger partial charge on any atom is -0.463 e. The van der Waals surface area contributed by atoms with Crippen LogP contribution in [0.5, 0.6) is 0 Å². The number of hydrogen-bond donors (Lipinski definition) is 3. The van der Waals surface area contributed by atoms with Crippen molar-refractivity contribution in [2.45, 2.75) is 103 Å². The quantitative estimate of drug-likeness (QED) is 0.0968. The standard InChI is InChI=1S/C38H49NO13S2/c1-21-32(20-54-15-14-40)51-38(52-34(21)28-10-8-27(18-41)9-11-28)29-12-6-26(7-13-29)17-39-33(53)16-30-35(47-23(3)43)37(49-25(5)45)36(48-24(4)44)31(50-30)19-46-22(2)42/h6-13,21,30-32,34-38,40-41H,14-20H2,1-5H3,(H,39,53)/t21-,30-,31+,32+,34+,35-,36+,37+,38?/m0/s1. The third-order valence-electron chi connectivity index (χ3n) is 8.86. The zero-order valence-electron chi connectivity index (χ0n) is 31.0. The van der Waals surface area contributed by atoms with Crippen LogP contribution in [0.1, 0.15) is 75.7 Å². The van der Waals surface area contributed by atoms with Crippen molar-refractivity contribution in [1.82, 2.24) is 5.32 Å². The van der Waals surface area contributed by atoms with E-state index < -0.39 is 60.7 Å². The van der Waals surface area contributed by atoms with Crippen LogP contribution >= 0.6 is 24.0 Å². The lowest BCUT2D eigenvalue weighted by Crippen LogP contribution is -2.62. The minimum atomic E-state index is -1.27. The number of carbonyl (C=O) groups excluding carboxylic acids is 4. The third-order valence-corrected chi connectivity index (χ3v) is 10.2. The molecule has 2 aromatic rings. The summed E-state index contributed by atoms with van der Waals surface area (Å²) < 4.78 is 40.8. The highest BCUT2D eigenvalue weighted by Crippen LogP contribution is 2.42. The average molecular weight is 792 g/mol. The monoisotopic (exact) mass is 791 g/mol. The molecule has 2 aliphatic heterocycles. The van der Waals surface area contributed by atoms with Crippen LogP contribution in [-0.2, 0) is 65.5 Å². The van der Waals surface area contributed by atoms with Gasteiger partial charge in [-0.15, -0.1) is 0 Å². The highest BCUT2D eigenvalue weighted by Gasteiger charge is 2.52. The van der Waals surface area contributed by atoms with Gasteiger partial charge in [0.1, 0.15) is 18.8 Å². The number of rotatable bonds is 16. The largest absolute Gasteiger partial charge is 0.463 e. The zero-order valence-corrected chi connectivity index (χ0v) is 32.6. The number of aliphatic hydroxyl groups is 2. The Kier molecular flexibility index (Phi) is 16.7. The second-order valence-corrected chi connectivity index (χ2v) is 14.7. The Balaban J connectivity index is 1.46. The van der Waals surface area contributed by atoms with Gasteiger partial charge in [-0.3, -0.25) is 19.2 Å². The Morgan fingerprint density at radius 3 is 1.89 bits per heavy atom. The summed E-state index contributed by atoms with van der Waals surface area (Å²) in [6.45, 7) is 6.84. The van der Waals surface area contributed by atoms with Crippen LogP contribution in [0, 0.1) is 5.92 Å². The van der Waals surface area contributed by atoms with Gasteiger partial charge in [-0.25, -0.2) is 0 Å². The normalized spacial score (nSPS) is 26.6. The molecule has 0 radical (unpaired) electrons. The summed E-state index contributed by atoms with van der Waals surface area (Å²) in [5.41, 5.74) is 3.50. The van der Waals surface area contributed by atoms with Crippen LogP contribution in [0.2, 0.25) is 0 Å². The number of aliphatic hydroxyl groups excluding tert-OH is 2. The molecule has 9 atom stereocenters. The number of hydrogen-bond acceptors (Lipinski definition) is 15. The van der Waals surface area contributed by atoms with E-state index in [1.807, 2.05) is 48.5 Å². The van der Waals surface area contributed by atoms with Crippen LogP contribution in [0.15, 0.2) is 48.5 Å². The average Bonchev–Trinajstić information content (AvgIpc) is 3.13. The predicted octanol–water partition coefficient (Wildman–Crippen LogP) is 3.63. The molecule has 1 unspecified atom stereocenters. The van der Waals surface area contributed by atoms with E-state index in [9.17, 15) is 29.4 Å². The van der Waals surface area contributed by atoms with E-state index in [2.05, 4.69) is 12.2 Å². The van der Waals surface area contributed by atoms with Crippen molar-refractivity contribution in [2.24, 2.45) is 5.92 Å². The number of esters is 4. The molecule has 14 nitrogen and oxygen atoms in total. The highest BCUT2D eigenvalue weighted by molar-refractivity contribution is 7.99. The topological polar surface area (TPSA) is 185 Å². The van der Waals surface area contributed by atoms with Gasteiger partial charge in [0.15, 0.2) is 24.6 Å². The Labute approximate surface area is 324 Å². The summed E-state index contributed by atoms with van der Waals surface area (Å²) in [7, 11) is 0. The first-order valence-corrected chi connectivity index (χ1v) is 19.2. The number of benzene rings is 2. The molecular weight excluding hydrogens is 743 g/mol. The molecule has 0 aromatic heterocycles. The number of thioether (sulfide) groups is 1. The lowest BCUT2D eigenvalue weighted by molar-refractivity contribution is -0.268. The van der Waals surface area contributed by atoms with E-state index in [1.54, 1.807) is 11.8 Å². The van der Waals surface area contributed by atoms with E-state index in [1.165, 1.54) is 13.8 Å². The Morgan fingerprint density at radius 2 is 1.31 bits per heavy atom. The van der Waals surface area contributed by atoms with E-state index in [0.29, 0.717) is 23.0 Å². The Bertz CT molecular complexity index is 1570. The van der Waals surface area contributed by atoms with Gasteiger partial charge < -0.3 is 48.7 Å². The summed E-state index contributed by atoms with van der Waals surface area (Å²) in [4.78, 5) is 48.3. The third kappa shape index (κ3) is 12.4. The molecule has 0 bridgehead atoms. The molecule has 0 aliphatic carbocycles. The van der Waals surface area contributed by atoms with E-state index in [0.717, 1.165) is 36.1 Å². The van der Waals surface area contributed by atoms with Gasteiger partial charge in [0.2, 0.25) is 0 Å². The van der Waals surface area contributed by atoms with Crippen LogP contribution < -0.4 is 5.32 Å². The van der Waals surface area contributed by atoms with Crippen molar-refractivity contribution in [3.63, 3.8) is 0 Å². The second kappa shape index (κ2) is 20.9. The van der Waals surface area contributed by atoms with Crippen LogP contribution in [0.25, 0.3) is 0 Å². The van der Waals surface area contributed by atoms with Crippen LogP contribution in [0.4, 0.5) is 0 Å². The lowest BCUT2D eigenvalue weighted by Gasteiger charge is -2.44. The summed E-state index contributed by atoms with van der Waals surface area (Å²) in [6.07, 6.45) is -6.78. The van der Waals surface area contributed by atoms with Gasteiger partial charge in [-0.1, -0.05) is 67.7 Å². The van der Waals surface area contributed by atoms with Crippen molar-refractivity contribution in [2.75, 3.05) is 24.7 Å². The summed E-state index contributed by atoms with van der Waals surface area (Å²) in [5, 5.41) is 22.0. The lowest BCUT2D eigenvalue weighted by atomic mass is 9.91. The smallest absolute Gasteiger partial charge is 0.303 e. The molecule has 54 heavy (non-hydrogen) atoms. The molecule has 296 valence electrons. The van der Waals surface area contributed by atoms with Gasteiger partial charge in [-0.2, -0.15) is 11.8 Å². The number of thiocarbonyl (C=S) groups is 1. The van der Waals surface area contributed by atoms with Gasteiger partial charge in [-0.05, 0) is 16.7 Å². The van der Waals surface area contributed by atoms with Crippen molar-refractivity contribution >= 4 is 52.8 Å². The fourth-order valence-corrected chi connectivity index (χ4v) is 7.45. The second-order valence-electron chi connectivity index (χ2n) is 13.1. The zero-order chi connectivity index (χ0) is 39.4. The van der Waals surface area contributed by atoms with Gasteiger partial charge in [0.25, 0.3) is 0 Å².